The van der Waals surface area contributed by atoms with Gasteiger partial charge in [0.2, 0.25) is 0 Å². The summed E-state index contributed by atoms with van der Waals surface area (Å²) < 4.78 is 1.64. The summed E-state index contributed by atoms with van der Waals surface area (Å²) in [5, 5.41) is 0. The first-order valence-electron chi connectivity index (χ1n) is 11.6. The number of nitrogens with zero attached hydrogens (tertiary/aromatic N) is 3. The van der Waals surface area contributed by atoms with Gasteiger partial charge in [-0.2, -0.15) is 0 Å². The van der Waals surface area contributed by atoms with Crippen molar-refractivity contribution in [2.75, 3.05) is 23.7 Å². The second-order valence-corrected chi connectivity index (χ2v) is 9.35. The van der Waals surface area contributed by atoms with Crippen LogP contribution in [0.15, 0.2) is 52.3 Å². The third-order valence-corrected chi connectivity index (χ3v) is 6.37. The van der Waals surface area contributed by atoms with E-state index in [2.05, 4.69) is 63.6 Å². The first-order chi connectivity index (χ1) is 16.0. The molecular formula is C27H36N4OS. The average molecular weight is 465 g/mol. The quantitative estimate of drug-likeness (QED) is 0.415. The number of piperidine rings is 1. The zero-order chi connectivity index (χ0) is 24.4. The number of nitrogens with two attached hydrogens (primary N) is 1. The van der Waals surface area contributed by atoms with E-state index in [9.17, 15) is 4.79 Å². The highest BCUT2D eigenvalue weighted by atomic mass is 32.2. The minimum atomic E-state index is -0.0548. The molecule has 0 saturated carbocycles. The van der Waals surface area contributed by atoms with E-state index < -0.39 is 0 Å². The van der Waals surface area contributed by atoms with Gasteiger partial charge in [-0.05, 0) is 49.3 Å². The van der Waals surface area contributed by atoms with E-state index in [1.54, 1.807) is 10.5 Å². The van der Waals surface area contributed by atoms with Crippen molar-refractivity contribution in [2.45, 2.75) is 57.9 Å². The lowest BCUT2D eigenvalue weighted by Gasteiger charge is -2.32. The molecule has 0 unspecified atom stereocenters. The molecule has 5 nitrogen and oxygen atoms in total. The molecule has 1 fully saturated rings. The minimum absolute atomic E-state index is 0.0548. The summed E-state index contributed by atoms with van der Waals surface area (Å²) >= 11 is 1.81. The van der Waals surface area contributed by atoms with Gasteiger partial charge in [-0.25, -0.2) is 4.98 Å². The van der Waals surface area contributed by atoms with Crippen LogP contribution in [-0.2, 0) is 0 Å². The largest absolute Gasteiger partial charge is 0.370 e. The third-order valence-electron chi connectivity index (χ3n) is 5.33. The molecule has 176 valence electrons. The van der Waals surface area contributed by atoms with E-state index in [4.69, 9.17) is 10.7 Å². The molecule has 1 saturated heterocycles. The number of hydrogen-bond donors (Lipinski definition) is 1. The van der Waals surface area contributed by atoms with Crippen molar-refractivity contribution in [1.82, 2.24) is 9.38 Å². The summed E-state index contributed by atoms with van der Waals surface area (Å²) in [6.07, 6.45) is 13.1. The lowest BCUT2D eigenvalue weighted by atomic mass is 10.1. The van der Waals surface area contributed by atoms with Crippen molar-refractivity contribution in [1.29, 1.82) is 0 Å². The van der Waals surface area contributed by atoms with E-state index in [1.165, 1.54) is 16.9 Å². The number of fused-ring (bicyclic) bond motifs is 1. The second kappa shape index (κ2) is 13.1. The lowest BCUT2D eigenvalue weighted by molar-refractivity contribution is 0.501. The summed E-state index contributed by atoms with van der Waals surface area (Å²) in [7, 11) is 0. The molecule has 1 aromatic carbocycles. The van der Waals surface area contributed by atoms with E-state index in [-0.39, 0.29) is 11.6 Å². The highest BCUT2D eigenvalue weighted by Gasteiger charge is 2.17. The number of rotatable bonds is 4. The van der Waals surface area contributed by atoms with Gasteiger partial charge in [0.05, 0.1) is 11.4 Å². The van der Waals surface area contributed by atoms with E-state index in [0.29, 0.717) is 5.65 Å². The Morgan fingerprint density at radius 1 is 1.09 bits per heavy atom. The van der Waals surface area contributed by atoms with Crippen molar-refractivity contribution in [3.63, 3.8) is 0 Å². The Bertz CT molecular complexity index is 1110. The number of aryl methyl sites for hydroxylation is 1. The van der Waals surface area contributed by atoms with E-state index in [0.717, 1.165) is 48.6 Å². The molecule has 1 aliphatic rings. The molecule has 3 aromatic rings. The summed E-state index contributed by atoms with van der Waals surface area (Å²) in [6.45, 7) is 10.4. The Hall–Kier alpha value is -2.75. The van der Waals surface area contributed by atoms with Crippen LogP contribution in [0.25, 0.3) is 16.9 Å². The van der Waals surface area contributed by atoms with Gasteiger partial charge >= 0.3 is 0 Å². The standard InChI is InChI=1S/C22H26N4OS.C3H8.C2H2/c1-3-28-20-12-16(5-4-15(20)2)19-13-22(27)26-14-18(6-7-21(26)24-19)25-10-8-17(23)9-11-25;1-3-2;1-2/h4-7,12-14,17H,3,8-11,23H2,1-2H3;3H2,1-2H3;1-2H. The molecule has 33 heavy (non-hydrogen) atoms. The van der Waals surface area contributed by atoms with Gasteiger partial charge in [-0.1, -0.05) is 39.3 Å². The van der Waals surface area contributed by atoms with Crippen LogP contribution in [0.1, 0.15) is 45.6 Å². The number of terminal acetylenes is 1. The van der Waals surface area contributed by atoms with Crippen molar-refractivity contribution < 1.29 is 0 Å². The average Bonchev–Trinajstić information content (AvgIpc) is 2.83. The van der Waals surface area contributed by atoms with Crippen molar-refractivity contribution in [3.05, 3.63) is 58.5 Å². The van der Waals surface area contributed by atoms with Crippen molar-refractivity contribution in [3.8, 4) is 24.1 Å². The van der Waals surface area contributed by atoms with Crippen LogP contribution in [0.3, 0.4) is 0 Å². The Morgan fingerprint density at radius 2 is 1.76 bits per heavy atom. The molecule has 0 spiro atoms. The maximum Gasteiger partial charge on any atom is 0.258 e. The maximum atomic E-state index is 12.8. The molecule has 2 N–H and O–H groups in total. The van der Waals surface area contributed by atoms with Gasteiger partial charge in [0, 0.05) is 41.9 Å². The van der Waals surface area contributed by atoms with Gasteiger partial charge in [0.15, 0.2) is 0 Å². The fourth-order valence-corrected chi connectivity index (χ4v) is 4.47. The van der Waals surface area contributed by atoms with Crippen LogP contribution in [0.4, 0.5) is 5.69 Å². The molecular weight excluding hydrogens is 428 g/mol. The van der Waals surface area contributed by atoms with Crippen molar-refractivity contribution in [2.24, 2.45) is 5.73 Å². The van der Waals surface area contributed by atoms with Crippen LogP contribution < -0.4 is 16.2 Å². The fraction of sp³-hybridized carbons (Fsp3) is 0.407. The predicted octanol–water partition coefficient (Wildman–Crippen LogP) is 5.38. The van der Waals surface area contributed by atoms with Crippen LogP contribution in [0.2, 0.25) is 0 Å². The second-order valence-electron chi connectivity index (χ2n) is 8.04. The number of aromatic nitrogens is 2. The first-order valence-corrected chi connectivity index (χ1v) is 12.6. The number of hydrogen-bond acceptors (Lipinski definition) is 5. The normalized spacial score (nSPS) is 13.6. The summed E-state index contributed by atoms with van der Waals surface area (Å²) in [4.78, 5) is 21.1. The zero-order valence-electron chi connectivity index (χ0n) is 20.3. The molecule has 2 aromatic heterocycles. The number of anilines is 1. The molecule has 0 radical (unpaired) electrons. The highest BCUT2D eigenvalue weighted by Crippen LogP contribution is 2.28. The molecule has 4 rings (SSSR count). The molecule has 1 aliphatic heterocycles. The van der Waals surface area contributed by atoms with E-state index in [1.807, 2.05) is 30.1 Å². The van der Waals surface area contributed by atoms with Crippen LogP contribution in [-0.4, -0.2) is 34.3 Å². The molecule has 6 heteroatoms. The Morgan fingerprint density at radius 3 is 2.39 bits per heavy atom. The van der Waals surface area contributed by atoms with Crippen LogP contribution in [0.5, 0.6) is 0 Å². The van der Waals surface area contributed by atoms with E-state index >= 15 is 0 Å². The Balaban J connectivity index is 0.000000714. The third kappa shape index (κ3) is 6.86. The van der Waals surface area contributed by atoms with Gasteiger partial charge in [0.1, 0.15) is 5.65 Å². The minimum Gasteiger partial charge on any atom is -0.370 e. The van der Waals surface area contributed by atoms with Crippen molar-refractivity contribution >= 4 is 23.1 Å². The molecule has 0 bridgehead atoms. The van der Waals surface area contributed by atoms with Crippen LogP contribution >= 0.6 is 11.8 Å². The fourth-order valence-electron chi connectivity index (χ4n) is 3.65. The topological polar surface area (TPSA) is 63.6 Å². The monoisotopic (exact) mass is 464 g/mol. The van der Waals surface area contributed by atoms with Crippen LogP contribution in [0, 0.1) is 19.8 Å². The number of pyridine rings is 1. The zero-order valence-corrected chi connectivity index (χ0v) is 21.1. The summed E-state index contributed by atoms with van der Waals surface area (Å²) in [6, 6.07) is 12.2. The molecule has 0 amide bonds. The van der Waals surface area contributed by atoms with Gasteiger partial charge < -0.3 is 10.6 Å². The number of benzene rings is 1. The SMILES string of the molecule is C#C.CCC.CCSc1cc(-c2cc(=O)n3cc(N4CCC(N)CC4)ccc3n2)ccc1C. The Labute approximate surface area is 202 Å². The molecule has 0 atom stereocenters. The number of thioether (sulfide) groups is 1. The predicted molar refractivity (Wildman–Crippen MR) is 143 cm³/mol. The van der Waals surface area contributed by atoms with Gasteiger partial charge in [0.25, 0.3) is 5.56 Å². The first kappa shape index (κ1) is 26.5. The maximum absolute atomic E-state index is 12.8. The molecule has 3 heterocycles. The summed E-state index contributed by atoms with van der Waals surface area (Å²) in [5.41, 5.74) is 10.6. The smallest absolute Gasteiger partial charge is 0.258 e. The summed E-state index contributed by atoms with van der Waals surface area (Å²) in [5.74, 6) is 1.02. The highest BCUT2D eigenvalue weighted by molar-refractivity contribution is 7.99. The molecule has 0 aliphatic carbocycles. The Kier molecular flexibility index (Phi) is 10.5. The van der Waals surface area contributed by atoms with Gasteiger partial charge in [-0.3, -0.25) is 9.20 Å². The van der Waals surface area contributed by atoms with Gasteiger partial charge in [-0.15, -0.1) is 24.6 Å². The lowest BCUT2D eigenvalue weighted by Crippen LogP contribution is -2.39.